The molecule has 0 aliphatic rings. The van der Waals surface area contributed by atoms with Crippen molar-refractivity contribution in [3.8, 4) is 0 Å². The summed E-state index contributed by atoms with van der Waals surface area (Å²) >= 11 is 1.77. The lowest BCUT2D eigenvalue weighted by molar-refractivity contribution is 0.551. The van der Waals surface area contributed by atoms with Crippen LogP contribution in [0.4, 0.5) is 4.39 Å². The van der Waals surface area contributed by atoms with Crippen molar-refractivity contribution in [2.45, 2.75) is 45.6 Å². The molecular weight excluding hydrogens is 281 g/mol. The minimum atomic E-state index is -0.142. The number of nitrogens with one attached hydrogen (secondary N) is 1. The van der Waals surface area contributed by atoms with Gasteiger partial charge in [0.15, 0.2) is 0 Å². The fourth-order valence-electron chi connectivity index (χ4n) is 2.27. The van der Waals surface area contributed by atoms with Gasteiger partial charge in [0.2, 0.25) is 0 Å². The second-order valence-corrected chi connectivity index (χ2v) is 7.48. The van der Waals surface area contributed by atoms with E-state index in [9.17, 15) is 4.39 Å². The zero-order valence-corrected chi connectivity index (χ0v) is 14.1. The number of thiophene rings is 1. The maximum atomic E-state index is 14.2. The van der Waals surface area contributed by atoms with E-state index in [2.05, 4.69) is 45.1 Å². The molecule has 0 bridgehead atoms. The highest BCUT2D eigenvalue weighted by molar-refractivity contribution is 7.12. The molecule has 0 radical (unpaired) electrons. The van der Waals surface area contributed by atoms with Gasteiger partial charge in [0.1, 0.15) is 5.82 Å². The van der Waals surface area contributed by atoms with Crippen LogP contribution in [0.5, 0.6) is 0 Å². The summed E-state index contributed by atoms with van der Waals surface area (Å²) in [6, 6.07) is 11.3. The van der Waals surface area contributed by atoms with E-state index >= 15 is 0 Å². The van der Waals surface area contributed by atoms with Gasteiger partial charge in [0.25, 0.3) is 0 Å². The smallest absolute Gasteiger partial charge is 0.128 e. The second-order valence-electron chi connectivity index (χ2n) is 6.36. The normalized spacial score (nSPS) is 13.4. The van der Waals surface area contributed by atoms with Crippen LogP contribution >= 0.6 is 11.3 Å². The molecule has 1 N–H and O–H groups in total. The number of halogens is 1. The van der Waals surface area contributed by atoms with Crippen LogP contribution in [-0.2, 0) is 5.41 Å². The molecule has 1 nitrogen and oxygen atoms in total. The van der Waals surface area contributed by atoms with E-state index in [-0.39, 0.29) is 17.3 Å². The molecule has 0 saturated heterocycles. The predicted molar refractivity (Wildman–Crippen MR) is 89.6 cm³/mol. The first-order valence-electron chi connectivity index (χ1n) is 7.51. The van der Waals surface area contributed by atoms with E-state index in [1.807, 2.05) is 12.1 Å². The van der Waals surface area contributed by atoms with Gasteiger partial charge in [-0.1, -0.05) is 45.9 Å². The topological polar surface area (TPSA) is 12.0 Å². The number of benzene rings is 1. The Morgan fingerprint density at radius 3 is 2.43 bits per heavy atom. The molecule has 1 unspecified atom stereocenters. The highest BCUT2D eigenvalue weighted by atomic mass is 32.1. The van der Waals surface area contributed by atoms with Crippen molar-refractivity contribution < 1.29 is 4.39 Å². The first-order chi connectivity index (χ1) is 9.93. The molecule has 1 heterocycles. The Hall–Kier alpha value is -1.19. The van der Waals surface area contributed by atoms with Crippen LogP contribution in [0.3, 0.4) is 0 Å². The Morgan fingerprint density at radius 2 is 1.86 bits per heavy atom. The average Bonchev–Trinajstić information content (AvgIpc) is 2.91. The van der Waals surface area contributed by atoms with E-state index in [1.165, 1.54) is 15.8 Å². The quantitative estimate of drug-likeness (QED) is 0.793. The fourth-order valence-corrected chi connectivity index (χ4v) is 3.43. The molecule has 1 atom stereocenters. The van der Waals surface area contributed by atoms with Gasteiger partial charge in [-0.15, -0.1) is 11.3 Å². The number of hydrogen-bond donors (Lipinski definition) is 1. The zero-order valence-electron chi connectivity index (χ0n) is 13.2. The van der Waals surface area contributed by atoms with E-state index < -0.39 is 0 Å². The van der Waals surface area contributed by atoms with Gasteiger partial charge in [-0.25, -0.2) is 4.39 Å². The first-order valence-corrected chi connectivity index (χ1v) is 8.33. The largest absolute Gasteiger partial charge is 0.306 e. The van der Waals surface area contributed by atoms with Gasteiger partial charge in [-0.3, -0.25) is 0 Å². The van der Waals surface area contributed by atoms with Crippen molar-refractivity contribution in [2.75, 3.05) is 6.54 Å². The summed E-state index contributed by atoms with van der Waals surface area (Å²) in [4.78, 5) is 2.51. The highest BCUT2D eigenvalue weighted by Crippen LogP contribution is 2.35. The molecule has 21 heavy (non-hydrogen) atoms. The van der Waals surface area contributed by atoms with Gasteiger partial charge >= 0.3 is 0 Å². The third-order valence-electron chi connectivity index (χ3n) is 3.47. The Balaban J connectivity index is 2.37. The van der Waals surface area contributed by atoms with Crippen LogP contribution < -0.4 is 5.32 Å². The fraction of sp³-hybridized carbons (Fsp3) is 0.444. The lowest BCUT2D eigenvalue weighted by Crippen LogP contribution is -2.23. The zero-order chi connectivity index (χ0) is 15.5. The van der Waals surface area contributed by atoms with Gasteiger partial charge < -0.3 is 5.32 Å². The van der Waals surface area contributed by atoms with Crippen molar-refractivity contribution in [1.82, 2.24) is 5.32 Å². The molecule has 114 valence electrons. The summed E-state index contributed by atoms with van der Waals surface area (Å²) in [5, 5.41) is 3.48. The molecular formula is C18H24FNS. The second kappa shape index (κ2) is 6.71. The van der Waals surface area contributed by atoms with Crippen LogP contribution in [0.1, 0.15) is 55.5 Å². The van der Waals surface area contributed by atoms with Crippen molar-refractivity contribution in [3.05, 3.63) is 57.5 Å². The molecule has 0 aliphatic heterocycles. The van der Waals surface area contributed by atoms with Crippen LogP contribution in [0.2, 0.25) is 0 Å². The van der Waals surface area contributed by atoms with Crippen LogP contribution in [-0.4, -0.2) is 6.54 Å². The molecule has 1 aromatic carbocycles. The Kier molecular flexibility index (Phi) is 5.17. The van der Waals surface area contributed by atoms with Crippen molar-refractivity contribution in [1.29, 1.82) is 0 Å². The maximum Gasteiger partial charge on any atom is 0.128 e. The van der Waals surface area contributed by atoms with Crippen LogP contribution in [0, 0.1) is 5.82 Å². The van der Waals surface area contributed by atoms with Gasteiger partial charge in [-0.05, 0) is 36.6 Å². The highest BCUT2D eigenvalue weighted by Gasteiger charge is 2.22. The lowest BCUT2D eigenvalue weighted by Gasteiger charge is -2.19. The van der Waals surface area contributed by atoms with Crippen molar-refractivity contribution in [2.24, 2.45) is 0 Å². The summed E-state index contributed by atoms with van der Waals surface area (Å²) < 4.78 is 14.2. The molecule has 0 spiro atoms. The van der Waals surface area contributed by atoms with Crippen molar-refractivity contribution >= 4 is 11.3 Å². The Labute approximate surface area is 131 Å². The SMILES string of the molecule is CCCNC(c1ccc(C(C)(C)C)s1)c1ccccc1F. The predicted octanol–water partition coefficient (Wildman–Crippen LogP) is 5.27. The summed E-state index contributed by atoms with van der Waals surface area (Å²) in [6.07, 6.45) is 1.03. The molecule has 2 rings (SSSR count). The van der Waals surface area contributed by atoms with E-state index in [1.54, 1.807) is 17.4 Å². The summed E-state index contributed by atoms with van der Waals surface area (Å²) in [6.45, 7) is 9.63. The number of rotatable bonds is 5. The molecule has 0 saturated carbocycles. The van der Waals surface area contributed by atoms with Gasteiger partial charge in [0.05, 0.1) is 6.04 Å². The molecule has 0 aliphatic carbocycles. The molecule has 0 fully saturated rings. The van der Waals surface area contributed by atoms with E-state index in [4.69, 9.17) is 0 Å². The molecule has 3 heteroatoms. The van der Waals surface area contributed by atoms with Crippen LogP contribution in [0.15, 0.2) is 36.4 Å². The minimum absolute atomic E-state index is 0.0627. The van der Waals surface area contributed by atoms with Gasteiger partial charge in [-0.2, -0.15) is 0 Å². The van der Waals surface area contributed by atoms with E-state index in [0.717, 1.165) is 18.5 Å². The molecule has 0 amide bonds. The van der Waals surface area contributed by atoms with Crippen molar-refractivity contribution in [3.63, 3.8) is 0 Å². The minimum Gasteiger partial charge on any atom is -0.306 e. The van der Waals surface area contributed by atoms with E-state index in [0.29, 0.717) is 0 Å². The monoisotopic (exact) mass is 305 g/mol. The van der Waals surface area contributed by atoms with Gasteiger partial charge in [0, 0.05) is 15.3 Å². The molecule has 2 aromatic rings. The first kappa shape index (κ1) is 16.2. The number of hydrogen-bond acceptors (Lipinski definition) is 2. The average molecular weight is 305 g/mol. The Bertz CT molecular complexity index is 583. The Morgan fingerprint density at radius 1 is 1.14 bits per heavy atom. The standard InChI is InChI=1S/C18H24FNS/c1-5-12-20-17(13-8-6-7-9-14(13)19)15-10-11-16(21-15)18(2,3)4/h6-11,17,20H,5,12H2,1-4H3. The van der Waals surface area contributed by atoms with Crippen LogP contribution in [0.25, 0.3) is 0 Å². The summed E-state index contributed by atoms with van der Waals surface area (Å²) in [5.41, 5.74) is 0.862. The lowest BCUT2D eigenvalue weighted by atomic mass is 9.95. The summed E-state index contributed by atoms with van der Waals surface area (Å²) in [7, 11) is 0. The summed E-state index contributed by atoms with van der Waals surface area (Å²) in [5.74, 6) is -0.142. The molecule has 1 aromatic heterocycles. The maximum absolute atomic E-state index is 14.2. The third-order valence-corrected chi connectivity index (χ3v) is 5.04. The third kappa shape index (κ3) is 3.92.